The van der Waals surface area contributed by atoms with E-state index in [9.17, 15) is 5.11 Å². The van der Waals surface area contributed by atoms with E-state index in [2.05, 4.69) is 46.0 Å². The van der Waals surface area contributed by atoms with Gasteiger partial charge in [-0.05, 0) is 49.0 Å². The smallest absolute Gasteiger partial charge is 0.192 e. The molecule has 0 aliphatic heterocycles. The Kier molecular flexibility index (Phi) is 7.04. The van der Waals surface area contributed by atoms with Crippen LogP contribution < -0.4 is 0 Å². The van der Waals surface area contributed by atoms with Gasteiger partial charge in [-0.2, -0.15) is 0 Å². The number of hydrogen-bond donors (Lipinski definition) is 1. The molecule has 0 bridgehead atoms. The van der Waals surface area contributed by atoms with E-state index in [1.165, 1.54) is 5.56 Å². The Balaban J connectivity index is 2.44. The molecule has 1 atom stereocenters. The maximum absolute atomic E-state index is 10.3. The second kappa shape index (κ2) is 8.09. The van der Waals surface area contributed by atoms with Gasteiger partial charge in [-0.25, -0.2) is 0 Å². The lowest BCUT2D eigenvalue weighted by atomic mass is 10.0. The van der Waals surface area contributed by atoms with Crippen LogP contribution in [0.2, 0.25) is 18.1 Å². The number of benzene rings is 1. The Morgan fingerprint density at radius 1 is 1.23 bits per heavy atom. The zero-order valence-electron chi connectivity index (χ0n) is 15.0. The average molecular weight is 321 g/mol. The number of rotatable bonds is 7. The summed E-state index contributed by atoms with van der Waals surface area (Å²) in [6.07, 6.45) is 3.31. The fraction of sp³-hybridized carbons (Fsp3) is 0.579. The van der Waals surface area contributed by atoms with E-state index in [0.29, 0.717) is 6.61 Å². The number of aryl methyl sites for hydroxylation is 1. The molecule has 0 aliphatic carbocycles. The molecule has 0 fully saturated rings. The summed E-state index contributed by atoms with van der Waals surface area (Å²) < 4.78 is 6.13. The van der Waals surface area contributed by atoms with Crippen LogP contribution in [0.3, 0.4) is 0 Å². The molecule has 22 heavy (non-hydrogen) atoms. The summed E-state index contributed by atoms with van der Waals surface area (Å²) in [5.74, 6) is 0. The summed E-state index contributed by atoms with van der Waals surface area (Å²) in [6, 6.07) is 10.3. The SMILES string of the molecule is C/C(=C\CO[Si](C)(C)C(C)(C)C)C(O)CCc1ccccc1. The van der Waals surface area contributed by atoms with Crippen LogP contribution in [0.1, 0.15) is 39.7 Å². The lowest BCUT2D eigenvalue weighted by Crippen LogP contribution is -2.40. The number of aliphatic hydroxyl groups excluding tert-OH is 1. The van der Waals surface area contributed by atoms with Crippen molar-refractivity contribution < 1.29 is 9.53 Å². The standard InChI is InChI=1S/C19H32O2Si/c1-16(14-15-21-22(5,6)19(2,3)4)18(20)13-12-17-10-8-7-9-11-17/h7-11,14,18,20H,12-13,15H2,1-6H3/b16-14+. The lowest BCUT2D eigenvalue weighted by Gasteiger charge is -2.35. The van der Waals surface area contributed by atoms with Gasteiger partial charge in [0.05, 0.1) is 12.7 Å². The molecule has 1 aromatic rings. The Labute approximate surface area is 137 Å². The van der Waals surface area contributed by atoms with Crippen molar-refractivity contribution in [1.29, 1.82) is 0 Å². The largest absolute Gasteiger partial charge is 0.413 e. The van der Waals surface area contributed by atoms with E-state index in [0.717, 1.165) is 18.4 Å². The van der Waals surface area contributed by atoms with Gasteiger partial charge in [-0.3, -0.25) is 0 Å². The predicted molar refractivity (Wildman–Crippen MR) is 97.7 cm³/mol. The molecular weight excluding hydrogens is 288 g/mol. The van der Waals surface area contributed by atoms with E-state index < -0.39 is 8.32 Å². The van der Waals surface area contributed by atoms with Crippen molar-refractivity contribution in [2.45, 2.75) is 64.8 Å². The second-order valence-corrected chi connectivity index (χ2v) is 12.4. The van der Waals surface area contributed by atoms with Gasteiger partial charge in [0.2, 0.25) is 0 Å². The second-order valence-electron chi connectivity index (χ2n) is 7.56. The van der Waals surface area contributed by atoms with Gasteiger partial charge in [-0.15, -0.1) is 0 Å². The summed E-state index contributed by atoms with van der Waals surface area (Å²) >= 11 is 0. The summed E-state index contributed by atoms with van der Waals surface area (Å²) in [5.41, 5.74) is 2.28. The molecule has 0 radical (unpaired) electrons. The van der Waals surface area contributed by atoms with Gasteiger partial charge >= 0.3 is 0 Å². The van der Waals surface area contributed by atoms with Crippen molar-refractivity contribution >= 4 is 8.32 Å². The van der Waals surface area contributed by atoms with E-state index in [-0.39, 0.29) is 11.1 Å². The molecule has 1 aromatic carbocycles. The van der Waals surface area contributed by atoms with Gasteiger partial charge in [0, 0.05) is 0 Å². The topological polar surface area (TPSA) is 29.5 Å². The number of hydrogen-bond acceptors (Lipinski definition) is 2. The van der Waals surface area contributed by atoms with Crippen molar-refractivity contribution in [2.75, 3.05) is 6.61 Å². The molecule has 0 saturated heterocycles. The molecular formula is C19H32O2Si. The third-order valence-corrected chi connectivity index (χ3v) is 9.23. The first-order valence-corrected chi connectivity index (χ1v) is 11.1. The van der Waals surface area contributed by atoms with E-state index in [1.54, 1.807) is 0 Å². The lowest BCUT2D eigenvalue weighted by molar-refractivity contribution is 0.199. The van der Waals surface area contributed by atoms with Crippen LogP contribution in [0.4, 0.5) is 0 Å². The fourth-order valence-corrected chi connectivity index (χ4v) is 2.84. The highest BCUT2D eigenvalue weighted by Gasteiger charge is 2.36. The van der Waals surface area contributed by atoms with Crippen LogP contribution in [0.25, 0.3) is 0 Å². The third-order valence-electron chi connectivity index (χ3n) is 4.73. The molecule has 1 rings (SSSR count). The zero-order chi connectivity index (χ0) is 16.8. The predicted octanol–water partition coefficient (Wildman–Crippen LogP) is 4.95. The van der Waals surface area contributed by atoms with Gasteiger partial charge in [-0.1, -0.05) is 57.2 Å². The van der Waals surface area contributed by atoms with Crippen LogP contribution in [0.15, 0.2) is 42.0 Å². The Morgan fingerprint density at radius 3 is 2.36 bits per heavy atom. The highest BCUT2D eigenvalue weighted by Crippen LogP contribution is 2.36. The molecule has 0 heterocycles. The minimum Gasteiger partial charge on any atom is -0.413 e. The van der Waals surface area contributed by atoms with Crippen molar-refractivity contribution in [3.8, 4) is 0 Å². The summed E-state index contributed by atoms with van der Waals surface area (Å²) in [6.45, 7) is 13.8. The molecule has 2 nitrogen and oxygen atoms in total. The Bertz CT molecular complexity index is 472. The number of aliphatic hydroxyl groups is 1. The molecule has 124 valence electrons. The van der Waals surface area contributed by atoms with Crippen LogP contribution in [-0.2, 0) is 10.8 Å². The molecule has 1 N–H and O–H groups in total. The first-order valence-electron chi connectivity index (χ1n) is 8.16. The molecule has 1 unspecified atom stereocenters. The third kappa shape index (κ3) is 6.07. The minimum absolute atomic E-state index is 0.223. The molecule has 0 spiro atoms. The van der Waals surface area contributed by atoms with Crippen LogP contribution in [-0.4, -0.2) is 26.1 Å². The monoisotopic (exact) mass is 320 g/mol. The maximum atomic E-state index is 10.3. The van der Waals surface area contributed by atoms with Crippen LogP contribution in [0.5, 0.6) is 0 Å². The van der Waals surface area contributed by atoms with Crippen molar-refractivity contribution in [2.24, 2.45) is 0 Å². The molecule has 0 saturated carbocycles. The van der Waals surface area contributed by atoms with Gasteiger partial charge in [0.1, 0.15) is 0 Å². The van der Waals surface area contributed by atoms with Crippen molar-refractivity contribution in [3.63, 3.8) is 0 Å². The maximum Gasteiger partial charge on any atom is 0.192 e. The zero-order valence-corrected chi connectivity index (χ0v) is 16.0. The van der Waals surface area contributed by atoms with Gasteiger partial charge < -0.3 is 9.53 Å². The van der Waals surface area contributed by atoms with Crippen molar-refractivity contribution in [3.05, 3.63) is 47.5 Å². The van der Waals surface area contributed by atoms with Gasteiger partial charge in [0.15, 0.2) is 8.32 Å². The average Bonchev–Trinajstić information content (AvgIpc) is 2.44. The van der Waals surface area contributed by atoms with Crippen molar-refractivity contribution in [1.82, 2.24) is 0 Å². The molecule has 3 heteroatoms. The van der Waals surface area contributed by atoms with Crippen LogP contribution >= 0.6 is 0 Å². The highest BCUT2D eigenvalue weighted by molar-refractivity contribution is 6.74. The van der Waals surface area contributed by atoms with E-state index >= 15 is 0 Å². The first kappa shape index (κ1) is 19.1. The molecule has 0 aliphatic rings. The van der Waals surface area contributed by atoms with Crippen LogP contribution in [0, 0.1) is 0 Å². The van der Waals surface area contributed by atoms with E-state index in [1.807, 2.05) is 31.2 Å². The van der Waals surface area contributed by atoms with E-state index in [4.69, 9.17) is 4.43 Å². The summed E-state index contributed by atoms with van der Waals surface area (Å²) in [7, 11) is -1.70. The normalized spacial score (nSPS) is 15.0. The first-order chi connectivity index (χ1) is 10.1. The molecule has 0 aromatic heterocycles. The quantitative estimate of drug-likeness (QED) is 0.569. The van der Waals surface area contributed by atoms with Gasteiger partial charge in [0.25, 0.3) is 0 Å². The Hall–Kier alpha value is -0.903. The Morgan fingerprint density at radius 2 is 1.82 bits per heavy atom. The summed E-state index contributed by atoms with van der Waals surface area (Å²) in [4.78, 5) is 0. The fourth-order valence-electron chi connectivity index (χ4n) is 1.91. The summed E-state index contributed by atoms with van der Waals surface area (Å²) in [5, 5.41) is 10.5. The highest BCUT2D eigenvalue weighted by atomic mass is 28.4. The molecule has 0 amide bonds. The minimum atomic E-state index is -1.70.